The smallest absolute Gasteiger partial charge is 0.424 e. The number of sulfonamides is 1. The number of esters is 1. The number of benzene rings is 3. The van der Waals surface area contributed by atoms with Crippen molar-refractivity contribution in [3.8, 4) is 0 Å². The Hall–Kier alpha value is -4.62. The van der Waals surface area contributed by atoms with Crippen LogP contribution in [0.3, 0.4) is 0 Å². The van der Waals surface area contributed by atoms with Crippen LogP contribution in [0.25, 0.3) is 0 Å². The Morgan fingerprint density at radius 3 is 2.36 bits per heavy atom. The average Bonchev–Trinajstić information content (AvgIpc) is 3.31. The molecule has 2 amide bonds. The molecule has 2 atom stereocenters. The fraction of sp³-hybridized carbons (Fsp3) is 0.333. The van der Waals surface area contributed by atoms with Crippen LogP contribution in [0.2, 0.25) is 5.02 Å². The SMILES string of the molecule is CC1Cc2ccccc2N1NC(=O)c1ccc(Cl)c(S(=O)(=O)N(CC(CC(=O)O)C(=O)OCc2ccccc2)C(=O)OC(C)(C)C)c1. The van der Waals surface area contributed by atoms with Crippen molar-refractivity contribution in [2.24, 2.45) is 5.92 Å². The maximum Gasteiger partial charge on any atom is 0.424 e. The summed E-state index contributed by atoms with van der Waals surface area (Å²) < 4.78 is 39.2. The second-order valence-electron chi connectivity index (χ2n) is 12.0. The lowest BCUT2D eigenvalue weighted by molar-refractivity contribution is -0.154. The Bertz CT molecular complexity index is 1760. The van der Waals surface area contributed by atoms with Crippen molar-refractivity contribution in [1.29, 1.82) is 0 Å². The molecule has 1 aliphatic rings. The molecule has 0 aromatic heterocycles. The predicted molar refractivity (Wildman–Crippen MR) is 173 cm³/mol. The number of carboxylic acid groups (broad SMARTS) is 1. The van der Waals surface area contributed by atoms with E-state index in [1.54, 1.807) is 35.3 Å². The Balaban J connectivity index is 1.66. The third-order valence-electron chi connectivity index (χ3n) is 7.15. The number of aliphatic carboxylic acids is 1. The Morgan fingerprint density at radius 1 is 1.04 bits per heavy atom. The maximum atomic E-state index is 14.1. The van der Waals surface area contributed by atoms with Gasteiger partial charge in [0.25, 0.3) is 15.9 Å². The number of para-hydroxylation sites is 1. The van der Waals surface area contributed by atoms with Gasteiger partial charge in [-0.15, -0.1) is 0 Å². The number of carboxylic acids is 1. The molecule has 0 bridgehead atoms. The molecule has 1 aliphatic heterocycles. The van der Waals surface area contributed by atoms with Crippen molar-refractivity contribution >= 4 is 51.3 Å². The molecule has 0 fully saturated rings. The summed E-state index contributed by atoms with van der Waals surface area (Å²) in [7, 11) is -4.94. The molecule has 2 unspecified atom stereocenters. The number of nitrogens with zero attached hydrogens (tertiary/aromatic N) is 2. The summed E-state index contributed by atoms with van der Waals surface area (Å²) in [5.74, 6) is -4.72. The molecule has 47 heavy (non-hydrogen) atoms. The first-order valence-corrected chi connectivity index (χ1v) is 16.5. The highest BCUT2D eigenvalue weighted by Gasteiger charge is 2.39. The fourth-order valence-corrected chi connectivity index (χ4v) is 6.78. The average molecular weight is 686 g/mol. The van der Waals surface area contributed by atoms with Crippen molar-refractivity contribution in [3.05, 3.63) is 94.5 Å². The predicted octanol–water partition coefficient (Wildman–Crippen LogP) is 5.20. The zero-order valence-corrected chi connectivity index (χ0v) is 27.9. The van der Waals surface area contributed by atoms with E-state index in [2.05, 4.69) is 5.43 Å². The van der Waals surface area contributed by atoms with Crippen LogP contribution in [0.4, 0.5) is 10.5 Å². The number of hydrogen-bond donors (Lipinski definition) is 2. The number of ether oxygens (including phenoxy) is 2. The normalized spacial score (nSPS) is 14.9. The summed E-state index contributed by atoms with van der Waals surface area (Å²) in [5, 5.41) is 10.9. The van der Waals surface area contributed by atoms with Crippen molar-refractivity contribution < 1.29 is 42.2 Å². The first-order chi connectivity index (χ1) is 22.1. The number of carbonyl (C=O) groups is 4. The summed E-state index contributed by atoms with van der Waals surface area (Å²) in [6.07, 6.45) is -1.54. The van der Waals surface area contributed by atoms with Gasteiger partial charge < -0.3 is 14.6 Å². The molecule has 0 spiro atoms. The van der Waals surface area contributed by atoms with Crippen LogP contribution >= 0.6 is 11.6 Å². The van der Waals surface area contributed by atoms with Crippen LogP contribution in [0.5, 0.6) is 0 Å². The van der Waals surface area contributed by atoms with E-state index >= 15 is 0 Å². The minimum Gasteiger partial charge on any atom is -0.481 e. The number of anilines is 1. The van der Waals surface area contributed by atoms with Gasteiger partial charge in [-0.2, -0.15) is 4.31 Å². The summed E-state index contributed by atoms with van der Waals surface area (Å²) in [6.45, 7) is 5.30. The summed E-state index contributed by atoms with van der Waals surface area (Å²) in [5.41, 5.74) is 3.99. The number of fused-ring (bicyclic) bond motifs is 1. The van der Waals surface area contributed by atoms with Gasteiger partial charge in [-0.05, 0) is 69.5 Å². The van der Waals surface area contributed by atoms with Gasteiger partial charge in [0, 0.05) is 5.56 Å². The molecule has 2 N–H and O–H groups in total. The molecule has 0 aliphatic carbocycles. The number of halogens is 1. The van der Waals surface area contributed by atoms with E-state index in [0.29, 0.717) is 12.0 Å². The van der Waals surface area contributed by atoms with Crippen molar-refractivity contribution in [2.75, 3.05) is 11.6 Å². The quantitative estimate of drug-likeness (QED) is 0.257. The zero-order valence-electron chi connectivity index (χ0n) is 26.3. The molecule has 1 heterocycles. The van der Waals surface area contributed by atoms with Crippen molar-refractivity contribution in [2.45, 2.75) is 63.7 Å². The van der Waals surface area contributed by atoms with Crippen LogP contribution in [0.1, 0.15) is 55.6 Å². The van der Waals surface area contributed by atoms with E-state index in [1.807, 2.05) is 31.2 Å². The molecular weight excluding hydrogens is 650 g/mol. The molecule has 0 saturated carbocycles. The van der Waals surface area contributed by atoms with Crippen LogP contribution in [-0.2, 0) is 42.1 Å². The fourth-order valence-electron chi connectivity index (χ4n) is 4.93. The Labute approximate surface area is 278 Å². The largest absolute Gasteiger partial charge is 0.481 e. The highest BCUT2D eigenvalue weighted by Crippen LogP contribution is 2.32. The topological polar surface area (TPSA) is 160 Å². The number of hydrogen-bond acceptors (Lipinski definition) is 9. The first-order valence-electron chi connectivity index (χ1n) is 14.7. The van der Waals surface area contributed by atoms with Crippen molar-refractivity contribution in [1.82, 2.24) is 9.73 Å². The van der Waals surface area contributed by atoms with Crippen LogP contribution in [0.15, 0.2) is 77.7 Å². The Kier molecular flexibility index (Phi) is 10.8. The molecule has 14 heteroatoms. The third kappa shape index (κ3) is 8.80. The number of nitrogens with one attached hydrogen (secondary N) is 1. The first kappa shape index (κ1) is 35.2. The van der Waals surface area contributed by atoms with Gasteiger partial charge in [-0.25, -0.2) is 13.2 Å². The second kappa shape index (κ2) is 14.4. The summed E-state index contributed by atoms with van der Waals surface area (Å²) in [4.78, 5) is 51.0. The third-order valence-corrected chi connectivity index (χ3v) is 9.37. The van der Waals surface area contributed by atoms with Gasteiger partial charge in [0.1, 0.15) is 17.1 Å². The lowest BCUT2D eigenvalue weighted by Crippen LogP contribution is -2.46. The van der Waals surface area contributed by atoms with Gasteiger partial charge in [0.2, 0.25) is 0 Å². The number of hydrazine groups is 1. The molecule has 0 saturated heterocycles. The molecule has 3 aromatic carbocycles. The van der Waals surface area contributed by atoms with E-state index in [4.69, 9.17) is 21.1 Å². The van der Waals surface area contributed by atoms with Gasteiger partial charge in [0.05, 0.1) is 35.6 Å². The lowest BCUT2D eigenvalue weighted by atomic mass is 10.1. The minimum atomic E-state index is -4.94. The zero-order chi connectivity index (χ0) is 34.5. The second-order valence-corrected chi connectivity index (χ2v) is 14.3. The van der Waals surface area contributed by atoms with Gasteiger partial charge in [0.15, 0.2) is 0 Å². The summed E-state index contributed by atoms with van der Waals surface area (Å²) >= 11 is 6.34. The minimum absolute atomic E-state index is 0.0812. The lowest BCUT2D eigenvalue weighted by Gasteiger charge is -2.29. The molecule has 250 valence electrons. The van der Waals surface area contributed by atoms with Gasteiger partial charge in [-0.1, -0.05) is 60.1 Å². The number of carbonyl (C=O) groups excluding carboxylic acids is 3. The van der Waals surface area contributed by atoms with E-state index < -0.39 is 63.3 Å². The molecule has 12 nitrogen and oxygen atoms in total. The maximum absolute atomic E-state index is 14.1. The molecule has 4 rings (SSSR count). The monoisotopic (exact) mass is 685 g/mol. The molecule has 0 radical (unpaired) electrons. The van der Waals surface area contributed by atoms with E-state index in [9.17, 15) is 32.7 Å². The Morgan fingerprint density at radius 2 is 1.70 bits per heavy atom. The highest BCUT2D eigenvalue weighted by molar-refractivity contribution is 7.89. The molecule has 3 aromatic rings. The van der Waals surface area contributed by atoms with Crippen LogP contribution < -0.4 is 10.4 Å². The highest BCUT2D eigenvalue weighted by atomic mass is 35.5. The molecular formula is C33H36ClN3O9S. The standard InChI is InChI=1S/C33H36ClN3O9S/c1-21-16-23-12-8-9-13-27(23)37(21)35-30(40)24-14-15-26(34)28(17-24)47(43,44)36(32(42)46-33(2,3)4)19-25(18-29(38)39)31(41)45-20-22-10-6-5-7-11-22/h5-15,17,21,25H,16,18-20H2,1-4H3,(H,35,40)(H,38,39). The summed E-state index contributed by atoms with van der Waals surface area (Å²) in [6, 6.07) is 19.6. The number of rotatable bonds is 11. The van der Waals surface area contributed by atoms with Crippen LogP contribution in [0, 0.1) is 5.92 Å². The van der Waals surface area contributed by atoms with Crippen molar-refractivity contribution in [3.63, 3.8) is 0 Å². The van der Waals surface area contributed by atoms with Gasteiger partial charge >= 0.3 is 18.0 Å². The van der Waals surface area contributed by atoms with E-state index in [-0.39, 0.29) is 27.5 Å². The van der Waals surface area contributed by atoms with E-state index in [1.165, 1.54) is 32.9 Å². The number of amides is 2. The van der Waals surface area contributed by atoms with E-state index in [0.717, 1.165) is 17.3 Å². The van der Waals surface area contributed by atoms with Gasteiger partial charge in [-0.3, -0.25) is 24.8 Å². The van der Waals surface area contributed by atoms with Crippen LogP contribution in [-0.4, -0.2) is 60.0 Å².